The Balaban J connectivity index is 1.50. The van der Waals surface area contributed by atoms with Crippen molar-refractivity contribution >= 4 is 17.2 Å². The topological polar surface area (TPSA) is 60.1 Å². The summed E-state index contributed by atoms with van der Waals surface area (Å²) in [5.41, 5.74) is 0.936. The molecule has 1 amide bonds. The van der Waals surface area contributed by atoms with Gasteiger partial charge < -0.3 is 14.3 Å². The molecule has 1 aliphatic carbocycles. The molecule has 3 aromatic rings. The minimum absolute atomic E-state index is 0.0273. The SMILES string of the molecule is O=C(NCc1ccco1)C1CCc2sc(-n3cccc3)nc21. The number of rotatable bonds is 4. The number of hydrogen-bond acceptors (Lipinski definition) is 4. The van der Waals surface area contributed by atoms with Crippen molar-refractivity contribution in [3.63, 3.8) is 0 Å². The molecular formula is C16H15N3O2S. The molecule has 1 unspecified atom stereocenters. The molecule has 0 spiro atoms. The molecule has 3 aromatic heterocycles. The molecular weight excluding hydrogens is 298 g/mol. The quantitative estimate of drug-likeness (QED) is 0.805. The zero-order valence-corrected chi connectivity index (χ0v) is 12.7. The van der Waals surface area contributed by atoms with E-state index in [9.17, 15) is 4.79 Å². The molecule has 0 saturated heterocycles. The normalized spacial score (nSPS) is 16.6. The average molecular weight is 313 g/mol. The predicted molar refractivity (Wildman–Crippen MR) is 83.1 cm³/mol. The van der Waals surface area contributed by atoms with Gasteiger partial charge in [0, 0.05) is 17.3 Å². The summed E-state index contributed by atoms with van der Waals surface area (Å²) in [6.07, 6.45) is 7.32. The Labute approximate surface area is 131 Å². The molecule has 0 fully saturated rings. The highest BCUT2D eigenvalue weighted by molar-refractivity contribution is 7.14. The molecule has 1 atom stereocenters. The van der Waals surface area contributed by atoms with E-state index in [0.29, 0.717) is 6.54 Å². The van der Waals surface area contributed by atoms with Gasteiger partial charge in [-0.05, 0) is 37.1 Å². The van der Waals surface area contributed by atoms with Crippen LogP contribution in [0.25, 0.3) is 5.13 Å². The van der Waals surface area contributed by atoms with Crippen LogP contribution in [0.1, 0.15) is 28.7 Å². The third-order valence-corrected chi connectivity index (χ3v) is 5.01. The zero-order chi connectivity index (χ0) is 14.9. The van der Waals surface area contributed by atoms with Gasteiger partial charge in [-0.15, -0.1) is 11.3 Å². The van der Waals surface area contributed by atoms with Crippen LogP contribution in [0.15, 0.2) is 47.3 Å². The summed E-state index contributed by atoms with van der Waals surface area (Å²) in [4.78, 5) is 18.3. The highest BCUT2D eigenvalue weighted by atomic mass is 32.1. The molecule has 112 valence electrons. The number of carbonyl (C=O) groups is 1. The average Bonchev–Trinajstić information content (AvgIpc) is 3.27. The molecule has 4 rings (SSSR count). The van der Waals surface area contributed by atoms with Crippen LogP contribution in [0.4, 0.5) is 0 Å². The Hall–Kier alpha value is -2.34. The lowest BCUT2D eigenvalue weighted by atomic mass is 10.1. The minimum Gasteiger partial charge on any atom is -0.467 e. The molecule has 3 heterocycles. The summed E-state index contributed by atoms with van der Waals surface area (Å²) in [6.45, 7) is 0.423. The van der Waals surface area contributed by atoms with Gasteiger partial charge in [0.25, 0.3) is 0 Å². The third-order valence-electron chi connectivity index (χ3n) is 3.87. The Morgan fingerprint density at radius 1 is 1.41 bits per heavy atom. The maximum atomic E-state index is 12.4. The second-order valence-electron chi connectivity index (χ2n) is 5.28. The van der Waals surface area contributed by atoms with Crippen LogP contribution >= 0.6 is 11.3 Å². The van der Waals surface area contributed by atoms with Crippen LogP contribution in [-0.4, -0.2) is 15.5 Å². The van der Waals surface area contributed by atoms with E-state index in [1.54, 1.807) is 17.6 Å². The second-order valence-corrected chi connectivity index (χ2v) is 6.35. The van der Waals surface area contributed by atoms with Gasteiger partial charge in [0.2, 0.25) is 5.91 Å². The van der Waals surface area contributed by atoms with E-state index in [4.69, 9.17) is 4.42 Å². The first-order chi connectivity index (χ1) is 10.8. The molecule has 0 aliphatic heterocycles. The first kappa shape index (κ1) is 13.3. The monoisotopic (exact) mass is 313 g/mol. The number of amides is 1. The van der Waals surface area contributed by atoms with Crippen molar-refractivity contribution in [3.05, 3.63) is 59.3 Å². The van der Waals surface area contributed by atoms with Crippen LogP contribution in [0.2, 0.25) is 0 Å². The molecule has 0 bridgehead atoms. The lowest BCUT2D eigenvalue weighted by molar-refractivity contribution is -0.122. The lowest BCUT2D eigenvalue weighted by Crippen LogP contribution is -2.28. The Morgan fingerprint density at radius 2 is 2.27 bits per heavy atom. The van der Waals surface area contributed by atoms with Gasteiger partial charge >= 0.3 is 0 Å². The summed E-state index contributed by atoms with van der Waals surface area (Å²) in [5, 5.41) is 3.87. The fraction of sp³-hybridized carbons (Fsp3) is 0.250. The summed E-state index contributed by atoms with van der Waals surface area (Å²) >= 11 is 1.67. The fourth-order valence-corrected chi connectivity index (χ4v) is 3.86. The van der Waals surface area contributed by atoms with Gasteiger partial charge in [-0.25, -0.2) is 4.98 Å². The summed E-state index contributed by atoms with van der Waals surface area (Å²) in [6, 6.07) is 7.62. The second kappa shape index (κ2) is 5.46. The van der Waals surface area contributed by atoms with Crippen molar-refractivity contribution in [2.45, 2.75) is 25.3 Å². The van der Waals surface area contributed by atoms with E-state index < -0.39 is 0 Å². The molecule has 22 heavy (non-hydrogen) atoms. The minimum atomic E-state index is -0.148. The smallest absolute Gasteiger partial charge is 0.229 e. The van der Waals surface area contributed by atoms with Gasteiger partial charge in [0.05, 0.1) is 24.4 Å². The maximum absolute atomic E-state index is 12.4. The van der Waals surface area contributed by atoms with Crippen LogP contribution in [0.3, 0.4) is 0 Å². The summed E-state index contributed by atoms with van der Waals surface area (Å²) in [5.74, 6) is 0.642. The van der Waals surface area contributed by atoms with Crippen LogP contribution < -0.4 is 5.32 Å². The number of fused-ring (bicyclic) bond motifs is 1. The van der Waals surface area contributed by atoms with Crippen molar-refractivity contribution in [1.82, 2.24) is 14.9 Å². The largest absolute Gasteiger partial charge is 0.467 e. The van der Waals surface area contributed by atoms with Crippen molar-refractivity contribution in [2.24, 2.45) is 0 Å². The Morgan fingerprint density at radius 3 is 3.05 bits per heavy atom. The number of hydrogen-bond donors (Lipinski definition) is 1. The van der Waals surface area contributed by atoms with Gasteiger partial charge in [-0.2, -0.15) is 0 Å². The van der Waals surface area contributed by atoms with E-state index in [0.717, 1.165) is 29.4 Å². The van der Waals surface area contributed by atoms with Gasteiger partial charge in [-0.1, -0.05) is 0 Å². The van der Waals surface area contributed by atoms with E-state index >= 15 is 0 Å². The highest BCUT2D eigenvalue weighted by Crippen LogP contribution is 2.37. The number of carbonyl (C=O) groups excluding carboxylic acids is 1. The number of nitrogens with one attached hydrogen (secondary N) is 1. The number of aromatic nitrogens is 2. The van der Waals surface area contributed by atoms with E-state index in [1.165, 1.54) is 4.88 Å². The van der Waals surface area contributed by atoms with Gasteiger partial charge in [-0.3, -0.25) is 4.79 Å². The Bertz CT molecular complexity index is 775. The maximum Gasteiger partial charge on any atom is 0.229 e. The van der Waals surface area contributed by atoms with E-state index in [2.05, 4.69) is 10.3 Å². The van der Waals surface area contributed by atoms with Crippen LogP contribution in [0.5, 0.6) is 0 Å². The van der Waals surface area contributed by atoms with Gasteiger partial charge in [0.1, 0.15) is 5.76 Å². The highest BCUT2D eigenvalue weighted by Gasteiger charge is 2.32. The molecule has 0 radical (unpaired) electrons. The number of thiazole rings is 1. The number of furan rings is 1. The molecule has 6 heteroatoms. The summed E-state index contributed by atoms with van der Waals surface area (Å²) < 4.78 is 7.22. The van der Waals surface area contributed by atoms with E-state index in [-0.39, 0.29) is 11.8 Å². The Kier molecular flexibility index (Phi) is 3.31. The lowest BCUT2D eigenvalue weighted by Gasteiger charge is -2.09. The molecule has 5 nitrogen and oxygen atoms in total. The van der Waals surface area contributed by atoms with Gasteiger partial charge in [0.15, 0.2) is 5.13 Å². The molecule has 0 aromatic carbocycles. The molecule has 0 saturated carbocycles. The predicted octanol–water partition coefficient (Wildman–Crippen LogP) is 2.87. The van der Waals surface area contributed by atoms with Crippen molar-refractivity contribution in [2.75, 3.05) is 0 Å². The zero-order valence-electron chi connectivity index (χ0n) is 11.9. The van der Waals surface area contributed by atoms with Crippen LogP contribution in [-0.2, 0) is 17.8 Å². The standard InChI is InChI=1S/C16H15N3O2S/c20-15(17-10-11-4-3-9-21-11)12-5-6-13-14(12)18-16(22-13)19-7-1-2-8-19/h1-4,7-9,12H,5-6,10H2,(H,17,20). The summed E-state index contributed by atoms with van der Waals surface area (Å²) in [7, 11) is 0. The fourth-order valence-electron chi connectivity index (χ4n) is 2.75. The van der Waals surface area contributed by atoms with Crippen molar-refractivity contribution < 1.29 is 9.21 Å². The van der Waals surface area contributed by atoms with Crippen molar-refractivity contribution in [3.8, 4) is 5.13 Å². The van der Waals surface area contributed by atoms with E-state index in [1.807, 2.05) is 41.2 Å². The first-order valence-corrected chi connectivity index (χ1v) is 8.06. The molecule has 1 N–H and O–H groups in total. The van der Waals surface area contributed by atoms with Crippen LogP contribution in [0, 0.1) is 0 Å². The first-order valence-electron chi connectivity index (χ1n) is 7.24. The third kappa shape index (κ3) is 2.35. The van der Waals surface area contributed by atoms with Crippen molar-refractivity contribution in [1.29, 1.82) is 0 Å². The number of aryl methyl sites for hydroxylation is 1. The number of nitrogens with zero attached hydrogens (tertiary/aromatic N) is 2. The molecule has 1 aliphatic rings.